The molecule has 6 heteroatoms. The molecular weight excluding hydrogens is 256 g/mol. The van der Waals surface area contributed by atoms with Crippen LogP contribution in [0.15, 0.2) is 42.6 Å². The molecule has 0 atom stereocenters. The third kappa shape index (κ3) is 1.87. The molecule has 0 unspecified atom stereocenters. The Morgan fingerprint density at radius 3 is 2.90 bits per heavy atom. The van der Waals surface area contributed by atoms with E-state index in [1.807, 2.05) is 6.07 Å². The van der Waals surface area contributed by atoms with Crippen molar-refractivity contribution in [1.29, 1.82) is 5.26 Å². The van der Waals surface area contributed by atoms with Crippen molar-refractivity contribution >= 4 is 11.6 Å². The summed E-state index contributed by atoms with van der Waals surface area (Å²) >= 11 is 0. The first-order valence-electron chi connectivity index (χ1n) is 5.77. The Labute approximate surface area is 113 Å². The summed E-state index contributed by atoms with van der Waals surface area (Å²) in [5.74, 6) is -1.10. The van der Waals surface area contributed by atoms with Crippen molar-refractivity contribution in [3.8, 4) is 17.3 Å². The molecule has 0 aliphatic heterocycles. The van der Waals surface area contributed by atoms with Gasteiger partial charge in [-0.2, -0.15) is 10.4 Å². The molecule has 20 heavy (non-hydrogen) atoms. The van der Waals surface area contributed by atoms with Crippen LogP contribution in [0, 0.1) is 11.3 Å². The molecule has 6 nitrogen and oxygen atoms in total. The Morgan fingerprint density at radius 1 is 1.30 bits per heavy atom. The van der Waals surface area contributed by atoms with Crippen LogP contribution in [0.25, 0.3) is 16.9 Å². The van der Waals surface area contributed by atoms with Crippen LogP contribution < -0.4 is 0 Å². The Balaban J connectivity index is 2.25. The van der Waals surface area contributed by atoms with Crippen LogP contribution in [0.2, 0.25) is 0 Å². The molecule has 0 amide bonds. The predicted octanol–water partition coefficient (Wildman–Crippen LogP) is 1.97. The van der Waals surface area contributed by atoms with Crippen molar-refractivity contribution in [1.82, 2.24) is 14.6 Å². The van der Waals surface area contributed by atoms with Crippen LogP contribution in [-0.4, -0.2) is 25.7 Å². The lowest BCUT2D eigenvalue weighted by Gasteiger charge is -2.04. The third-order valence-electron chi connectivity index (χ3n) is 2.86. The van der Waals surface area contributed by atoms with Crippen LogP contribution in [0.5, 0.6) is 0 Å². The first-order valence-corrected chi connectivity index (χ1v) is 5.77. The van der Waals surface area contributed by atoms with Gasteiger partial charge in [-0.15, -0.1) is 0 Å². The molecular formula is C14H8N4O2. The first kappa shape index (κ1) is 11.9. The van der Waals surface area contributed by atoms with Gasteiger partial charge in [-0.25, -0.2) is 14.3 Å². The molecule has 2 aromatic heterocycles. The summed E-state index contributed by atoms with van der Waals surface area (Å²) in [4.78, 5) is 15.1. The van der Waals surface area contributed by atoms with Crippen molar-refractivity contribution in [3.05, 3.63) is 53.9 Å². The fourth-order valence-corrected chi connectivity index (χ4v) is 1.97. The lowest BCUT2D eigenvalue weighted by Crippen LogP contribution is -1.99. The minimum atomic E-state index is -1.10. The van der Waals surface area contributed by atoms with Crippen LogP contribution in [0.4, 0.5) is 0 Å². The van der Waals surface area contributed by atoms with E-state index in [9.17, 15) is 4.79 Å². The fraction of sp³-hybridized carbons (Fsp3) is 0. The topological polar surface area (TPSA) is 91.3 Å². The fourth-order valence-electron chi connectivity index (χ4n) is 1.97. The molecule has 1 N–H and O–H groups in total. The standard InChI is InChI=1S/C14H8N4O2/c15-8-9-2-1-3-10(6-9)12-4-5-16-13-7-11(14(19)20)17-18(12)13/h1-7H,(H,19,20). The van der Waals surface area contributed by atoms with E-state index >= 15 is 0 Å². The number of benzene rings is 1. The number of nitrogens with zero attached hydrogens (tertiary/aromatic N) is 4. The molecule has 0 saturated carbocycles. The van der Waals surface area contributed by atoms with Crippen LogP contribution >= 0.6 is 0 Å². The van der Waals surface area contributed by atoms with Gasteiger partial charge in [0.1, 0.15) is 0 Å². The normalized spacial score (nSPS) is 10.3. The molecule has 3 aromatic rings. The number of carbonyl (C=O) groups is 1. The second-order valence-electron chi connectivity index (χ2n) is 4.13. The van der Waals surface area contributed by atoms with Gasteiger partial charge in [-0.05, 0) is 18.2 Å². The maximum atomic E-state index is 11.0. The molecule has 3 rings (SSSR count). The van der Waals surface area contributed by atoms with E-state index in [1.165, 1.54) is 10.6 Å². The zero-order valence-electron chi connectivity index (χ0n) is 10.2. The Kier molecular flexibility index (Phi) is 2.66. The van der Waals surface area contributed by atoms with E-state index in [2.05, 4.69) is 16.2 Å². The summed E-state index contributed by atoms with van der Waals surface area (Å²) in [6.07, 6.45) is 1.58. The van der Waals surface area contributed by atoms with Crippen LogP contribution in [0.3, 0.4) is 0 Å². The van der Waals surface area contributed by atoms with E-state index in [4.69, 9.17) is 10.4 Å². The summed E-state index contributed by atoms with van der Waals surface area (Å²) in [6.45, 7) is 0. The van der Waals surface area contributed by atoms with Crippen molar-refractivity contribution in [2.45, 2.75) is 0 Å². The summed E-state index contributed by atoms with van der Waals surface area (Å²) in [5.41, 5.74) is 2.36. The molecule has 0 spiro atoms. The van der Waals surface area contributed by atoms with Gasteiger partial charge in [0.25, 0.3) is 0 Å². The van der Waals surface area contributed by atoms with Gasteiger partial charge >= 0.3 is 5.97 Å². The number of fused-ring (bicyclic) bond motifs is 1. The second kappa shape index (κ2) is 4.48. The van der Waals surface area contributed by atoms with E-state index in [0.29, 0.717) is 16.9 Å². The number of aromatic nitrogens is 3. The van der Waals surface area contributed by atoms with Gasteiger partial charge in [0, 0.05) is 17.8 Å². The smallest absolute Gasteiger partial charge is 0.356 e. The van der Waals surface area contributed by atoms with Gasteiger partial charge in [-0.1, -0.05) is 12.1 Å². The maximum absolute atomic E-state index is 11.0. The monoisotopic (exact) mass is 264 g/mol. The predicted molar refractivity (Wildman–Crippen MR) is 70.1 cm³/mol. The molecule has 0 bridgehead atoms. The highest BCUT2D eigenvalue weighted by Gasteiger charge is 2.12. The number of rotatable bonds is 2. The van der Waals surface area contributed by atoms with Crippen molar-refractivity contribution in [2.24, 2.45) is 0 Å². The number of hydrogen-bond acceptors (Lipinski definition) is 4. The lowest BCUT2D eigenvalue weighted by molar-refractivity contribution is 0.0690. The van der Waals surface area contributed by atoms with Gasteiger partial charge < -0.3 is 5.11 Å². The molecule has 0 radical (unpaired) electrons. The average Bonchev–Trinajstić information content (AvgIpc) is 2.91. The maximum Gasteiger partial charge on any atom is 0.356 e. The second-order valence-corrected chi connectivity index (χ2v) is 4.13. The zero-order chi connectivity index (χ0) is 14.1. The SMILES string of the molecule is N#Cc1cccc(-c2ccnc3cc(C(=O)O)nn23)c1. The van der Waals surface area contributed by atoms with Gasteiger partial charge in [0.15, 0.2) is 11.3 Å². The molecule has 0 fully saturated rings. The summed E-state index contributed by atoms with van der Waals surface area (Å²) in [5, 5.41) is 21.9. The van der Waals surface area contributed by atoms with Gasteiger partial charge in [-0.3, -0.25) is 0 Å². The molecule has 0 aliphatic carbocycles. The number of aromatic carboxylic acids is 1. The van der Waals surface area contributed by atoms with Gasteiger partial charge in [0.2, 0.25) is 0 Å². The number of carboxylic acid groups (broad SMARTS) is 1. The minimum Gasteiger partial charge on any atom is -0.476 e. The quantitative estimate of drug-likeness (QED) is 0.764. The molecule has 0 aliphatic rings. The third-order valence-corrected chi connectivity index (χ3v) is 2.86. The first-order chi connectivity index (χ1) is 9.69. The summed E-state index contributed by atoms with van der Waals surface area (Å²) < 4.78 is 1.46. The molecule has 96 valence electrons. The lowest BCUT2D eigenvalue weighted by atomic mass is 10.1. The highest BCUT2D eigenvalue weighted by Crippen LogP contribution is 2.21. The average molecular weight is 264 g/mol. The summed E-state index contributed by atoms with van der Waals surface area (Å²) in [7, 11) is 0. The van der Waals surface area contributed by atoms with Crippen molar-refractivity contribution < 1.29 is 9.90 Å². The molecule has 1 aromatic carbocycles. The van der Waals surface area contributed by atoms with Crippen LogP contribution in [-0.2, 0) is 0 Å². The minimum absolute atomic E-state index is 0.0682. The highest BCUT2D eigenvalue weighted by molar-refractivity contribution is 5.87. The van der Waals surface area contributed by atoms with E-state index < -0.39 is 5.97 Å². The highest BCUT2D eigenvalue weighted by atomic mass is 16.4. The molecule has 0 saturated heterocycles. The zero-order valence-corrected chi connectivity index (χ0v) is 10.2. The van der Waals surface area contributed by atoms with Crippen molar-refractivity contribution in [2.75, 3.05) is 0 Å². The van der Waals surface area contributed by atoms with E-state index in [1.54, 1.807) is 30.5 Å². The van der Waals surface area contributed by atoms with E-state index in [-0.39, 0.29) is 5.69 Å². The number of nitriles is 1. The van der Waals surface area contributed by atoms with Gasteiger partial charge in [0.05, 0.1) is 17.3 Å². The Hall–Kier alpha value is -3.20. The summed E-state index contributed by atoms with van der Waals surface area (Å²) in [6, 6.07) is 12.2. The number of hydrogen-bond donors (Lipinski definition) is 1. The number of carboxylic acids is 1. The van der Waals surface area contributed by atoms with Crippen LogP contribution in [0.1, 0.15) is 16.1 Å². The Morgan fingerprint density at radius 2 is 2.15 bits per heavy atom. The van der Waals surface area contributed by atoms with Crippen molar-refractivity contribution in [3.63, 3.8) is 0 Å². The van der Waals surface area contributed by atoms with E-state index in [0.717, 1.165) is 5.56 Å². The Bertz CT molecular complexity index is 861. The largest absolute Gasteiger partial charge is 0.476 e. The molecule has 2 heterocycles.